The van der Waals surface area contributed by atoms with Crippen molar-refractivity contribution in [3.8, 4) is 0 Å². The Morgan fingerprint density at radius 1 is 1.19 bits per heavy atom. The summed E-state index contributed by atoms with van der Waals surface area (Å²) in [5.41, 5.74) is 3.17. The van der Waals surface area contributed by atoms with Crippen molar-refractivity contribution >= 4 is 17.7 Å². The highest BCUT2D eigenvalue weighted by atomic mass is 32.2. The van der Waals surface area contributed by atoms with E-state index in [1.54, 1.807) is 0 Å². The van der Waals surface area contributed by atoms with Crippen LogP contribution in [0.1, 0.15) is 40.7 Å². The van der Waals surface area contributed by atoms with Gasteiger partial charge in [-0.25, -0.2) is 0 Å². The predicted molar refractivity (Wildman–Crippen MR) is 104 cm³/mol. The van der Waals surface area contributed by atoms with E-state index in [9.17, 15) is 4.79 Å². The highest BCUT2D eigenvalue weighted by molar-refractivity contribution is 8.01. The Hall–Kier alpha value is -1.08. The number of ether oxygens (including phenoxy) is 3. The molecule has 1 aromatic rings. The van der Waals surface area contributed by atoms with E-state index in [1.807, 2.05) is 34.9 Å². The largest absolute Gasteiger partial charge is 0.381 e. The lowest BCUT2D eigenvalue weighted by Crippen LogP contribution is -2.60. The van der Waals surface area contributed by atoms with Crippen LogP contribution in [0, 0.1) is 5.92 Å². The summed E-state index contributed by atoms with van der Waals surface area (Å²) in [6, 6.07) is 6.00. The minimum absolute atomic E-state index is 0.155. The van der Waals surface area contributed by atoms with Gasteiger partial charge in [0.1, 0.15) is 0 Å². The topological polar surface area (TPSA) is 48.0 Å². The predicted octanol–water partition coefficient (Wildman–Crippen LogP) is 2.86. The molecule has 0 aromatic heterocycles. The molecule has 5 nitrogen and oxygen atoms in total. The van der Waals surface area contributed by atoms with Gasteiger partial charge in [0.25, 0.3) is 5.91 Å². The number of thioether (sulfide) groups is 1. The zero-order chi connectivity index (χ0) is 18.3. The molecule has 5 rings (SSSR count). The van der Waals surface area contributed by atoms with Crippen LogP contribution in [0.15, 0.2) is 18.2 Å². The lowest BCUT2D eigenvalue weighted by Gasteiger charge is -2.47. The molecule has 3 fully saturated rings. The summed E-state index contributed by atoms with van der Waals surface area (Å²) in [5, 5.41) is 0. The molecule has 0 aliphatic carbocycles. The van der Waals surface area contributed by atoms with Gasteiger partial charge in [-0.15, -0.1) is 11.8 Å². The third-order valence-electron chi connectivity index (χ3n) is 6.30. The van der Waals surface area contributed by atoms with Crippen molar-refractivity contribution in [1.82, 2.24) is 4.90 Å². The van der Waals surface area contributed by atoms with Crippen LogP contribution >= 0.6 is 11.8 Å². The fourth-order valence-corrected chi connectivity index (χ4v) is 6.15. The Kier molecular flexibility index (Phi) is 4.92. The van der Waals surface area contributed by atoms with Crippen LogP contribution in [0.5, 0.6) is 0 Å². The van der Waals surface area contributed by atoms with Gasteiger partial charge in [0.05, 0.1) is 24.1 Å². The number of rotatable bonds is 4. The van der Waals surface area contributed by atoms with E-state index in [2.05, 4.69) is 0 Å². The molecule has 6 heteroatoms. The zero-order valence-electron chi connectivity index (χ0n) is 15.7. The van der Waals surface area contributed by atoms with Crippen LogP contribution in [-0.2, 0) is 27.4 Å². The van der Waals surface area contributed by atoms with Gasteiger partial charge < -0.3 is 19.1 Å². The van der Waals surface area contributed by atoms with Crippen LogP contribution in [0.4, 0.5) is 0 Å². The number of hydrogen-bond donors (Lipinski definition) is 0. The van der Waals surface area contributed by atoms with Gasteiger partial charge >= 0.3 is 0 Å². The SMILES string of the molecule is O=C(c1ccc2c(c1)COC2)N1CC2(C[C@@H](OCC3CCOCC3)CS2)C1. The maximum atomic E-state index is 12.8. The molecule has 146 valence electrons. The molecular weight excluding hydrogens is 362 g/mol. The maximum Gasteiger partial charge on any atom is 0.253 e. The van der Waals surface area contributed by atoms with E-state index in [4.69, 9.17) is 14.2 Å². The fourth-order valence-electron chi connectivity index (χ4n) is 4.60. The van der Waals surface area contributed by atoms with Crippen LogP contribution in [-0.4, -0.2) is 60.3 Å². The Labute approximate surface area is 164 Å². The first kappa shape index (κ1) is 18.0. The lowest BCUT2D eigenvalue weighted by molar-refractivity contribution is -0.0118. The van der Waals surface area contributed by atoms with Gasteiger partial charge in [0, 0.05) is 44.2 Å². The third kappa shape index (κ3) is 3.65. The molecule has 0 N–H and O–H groups in total. The second-order valence-corrected chi connectivity index (χ2v) is 9.83. The number of hydrogen-bond acceptors (Lipinski definition) is 5. The Morgan fingerprint density at radius 2 is 2.00 bits per heavy atom. The van der Waals surface area contributed by atoms with Gasteiger partial charge in [-0.2, -0.15) is 0 Å². The number of carbonyl (C=O) groups excluding carboxylic acids is 1. The molecule has 0 saturated carbocycles. The second-order valence-electron chi connectivity index (χ2n) is 8.35. The minimum Gasteiger partial charge on any atom is -0.381 e. The van der Waals surface area contributed by atoms with Crippen molar-refractivity contribution in [1.29, 1.82) is 0 Å². The zero-order valence-corrected chi connectivity index (χ0v) is 16.5. The number of carbonyl (C=O) groups is 1. The van der Waals surface area contributed by atoms with Gasteiger partial charge in [-0.3, -0.25) is 4.79 Å². The van der Waals surface area contributed by atoms with Crippen molar-refractivity contribution in [3.63, 3.8) is 0 Å². The summed E-state index contributed by atoms with van der Waals surface area (Å²) in [6.45, 7) is 5.62. The molecule has 1 aromatic carbocycles. The maximum absolute atomic E-state index is 12.8. The first-order chi connectivity index (χ1) is 13.2. The van der Waals surface area contributed by atoms with E-state index in [-0.39, 0.29) is 10.7 Å². The Bertz CT molecular complexity index is 712. The lowest BCUT2D eigenvalue weighted by atomic mass is 9.91. The van der Waals surface area contributed by atoms with Gasteiger partial charge in [-0.1, -0.05) is 6.07 Å². The normalized spacial score (nSPS) is 27.0. The number of amides is 1. The van der Waals surface area contributed by atoms with Gasteiger partial charge in [0.2, 0.25) is 0 Å². The Morgan fingerprint density at radius 3 is 2.85 bits per heavy atom. The summed E-state index contributed by atoms with van der Waals surface area (Å²) >= 11 is 2.00. The standard InChI is InChI=1S/C21H27NO4S/c23-20(16-1-2-17-10-25-11-18(17)7-16)22-13-21(14-22)8-19(12-27-21)26-9-15-3-5-24-6-4-15/h1-2,7,15,19H,3-6,8-14H2/t19-/m1/s1. The molecule has 3 saturated heterocycles. The summed E-state index contributed by atoms with van der Waals surface area (Å²) in [6.07, 6.45) is 3.66. The van der Waals surface area contributed by atoms with Crippen LogP contribution < -0.4 is 0 Å². The Balaban J connectivity index is 1.12. The van der Waals surface area contributed by atoms with E-state index in [0.717, 1.165) is 69.1 Å². The molecule has 1 amide bonds. The summed E-state index contributed by atoms with van der Waals surface area (Å²) < 4.78 is 17.3. The average molecular weight is 390 g/mol. The summed E-state index contributed by atoms with van der Waals surface area (Å²) in [7, 11) is 0. The highest BCUT2D eigenvalue weighted by Gasteiger charge is 2.51. The number of likely N-dealkylation sites (tertiary alicyclic amines) is 1. The molecule has 1 spiro atoms. The molecule has 4 heterocycles. The van der Waals surface area contributed by atoms with Crippen molar-refractivity contribution < 1.29 is 19.0 Å². The van der Waals surface area contributed by atoms with Gasteiger partial charge in [-0.05, 0) is 48.4 Å². The van der Waals surface area contributed by atoms with E-state index >= 15 is 0 Å². The summed E-state index contributed by atoms with van der Waals surface area (Å²) in [5.74, 6) is 1.87. The fraction of sp³-hybridized carbons (Fsp3) is 0.667. The summed E-state index contributed by atoms with van der Waals surface area (Å²) in [4.78, 5) is 14.8. The van der Waals surface area contributed by atoms with Crippen molar-refractivity contribution in [3.05, 3.63) is 34.9 Å². The van der Waals surface area contributed by atoms with E-state index < -0.39 is 0 Å². The minimum atomic E-state index is 0.155. The number of fused-ring (bicyclic) bond motifs is 1. The molecule has 0 bridgehead atoms. The molecule has 4 aliphatic heterocycles. The molecule has 0 radical (unpaired) electrons. The molecule has 4 aliphatic rings. The van der Waals surface area contributed by atoms with Gasteiger partial charge in [0.15, 0.2) is 0 Å². The third-order valence-corrected chi connectivity index (χ3v) is 7.87. The first-order valence-corrected chi connectivity index (χ1v) is 11.0. The quantitative estimate of drug-likeness (QED) is 0.793. The number of nitrogens with zero attached hydrogens (tertiary/aromatic N) is 1. The van der Waals surface area contributed by atoms with Crippen molar-refractivity contribution in [2.75, 3.05) is 38.7 Å². The second kappa shape index (κ2) is 7.39. The smallest absolute Gasteiger partial charge is 0.253 e. The molecule has 0 unspecified atom stereocenters. The molecule has 1 atom stereocenters. The van der Waals surface area contributed by atoms with E-state index in [0.29, 0.717) is 25.2 Å². The van der Waals surface area contributed by atoms with Crippen LogP contribution in [0.25, 0.3) is 0 Å². The van der Waals surface area contributed by atoms with Crippen LogP contribution in [0.2, 0.25) is 0 Å². The first-order valence-electron chi connectivity index (χ1n) is 10.0. The highest BCUT2D eigenvalue weighted by Crippen LogP contribution is 2.46. The molecule has 27 heavy (non-hydrogen) atoms. The number of benzene rings is 1. The monoisotopic (exact) mass is 389 g/mol. The van der Waals surface area contributed by atoms with Crippen molar-refractivity contribution in [2.45, 2.75) is 43.3 Å². The van der Waals surface area contributed by atoms with Crippen LogP contribution in [0.3, 0.4) is 0 Å². The van der Waals surface area contributed by atoms with Crippen molar-refractivity contribution in [2.24, 2.45) is 5.92 Å². The van der Waals surface area contributed by atoms with E-state index in [1.165, 1.54) is 5.56 Å². The molecular formula is C21H27NO4S. The average Bonchev–Trinajstić information content (AvgIpc) is 3.32.